The predicted octanol–water partition coefficient (Wildman–Crippen LogP) is 2.47. The third-order valence-corrected chi connectivity index (χ3v) is 3.15. The Kier molecular flexibility index (Phi) is 2.53. The van der Waals surface area contributed by atoms with Crippen molar-refractivity contribution in [1.82, 2.24) is 4.98 Å². The van der Waals surface area contributed by atoms with Crippen molar-refractivity contribution in [3.8, 4) is 11.5 Å². The Morgan fingerprint density at radius 2 is 2.00 bits per heavy atom. The zero-order valence-electron chi connectivity index (χ0n) is 9.47. The van der Waals surface area contributed by atoms with Crippen molar-refractivity contribution in [1.29, 1.82) is 0 Å². The number of para-hydroxylation sites is 1. The van der Waals surface area contributed by atoms with E-state index in [1.165, 1.54) is 5.56 Å². The number of pyridine rings is 1. The Bertz CT molecular complexity index is 539. The van der Waals surface area contributed by atoms with Gasteiger partial charge in [0.05, 0.1) is 5.69 Å². The predicted molar refractivity (Wildman–Crippen MR) is 66.3 cm³/mol. The number of fused-ring (bicyclic) bond motifs is 2. The van der Waals surface area contributed by atoms with E-state index in [9.17, 15) is 0 Å². The minimum atomic E-state index is 0.280. The van der Waals surface area contributed by atoms with Crippen LogP contribution < -0.4 is 10.5 Å². The second kappa shape index (κ2) is 4.18. The quantitative estimate of drug-likeness (QED) is 0.812. The summed E-state index contributed by atoms with van der Waals surface area (Å²) in [7, 11) is 0. The van der Waals surface area contributed by atoms with Crippen LogP contribution in [0.1, 0.15) is 17.2 Å². The molecule has 1 aromatic heterocycles. The summed E-state index contributed by atoms with van der Waals surface area (Å²) in [6.07, 6.45) is 2.63. The summed E-state index contributed by atoms with van der Waals surface area (Å²) < 4.78 is 5.92. The Hall–Kier alpha value is -1.87. The first kappa shape index (κ1) is 10.3. The fourth-order valence-corrected chi connectivity index (χ4v) is 2.25. The molecule has 0 fully saturated rings. The topological polar surface area (TPSA) is 48.1 Å². The maximum absolute atomic E-state index is 5.92. The van der Waals surface area contributed by atoms with Crippen molar-refractivity contribution < 1.29 is 4.74 Å². The summed E-state index contributed by atoms with van der Waals surface area (Å²) >= 11 is 0. The summed E-state index contributed by atoms with van der Waals surface area (Å²) in [4.78, 5) is 4.38. The summed E-state index contributed by atoms with van der Waals surface area (Å²) in [5.41, 5.74) is 8.02. The van der Waals surface area contributed by atoms with Crippen LogP contribution in [0.2, 0.25) is 0 Å². The van der Waals surface area contributed by atoms with E-state index in [-0.39, 0.29) is 5.92 Å². The van der Waals surface area contributed by atoms with Crippen LogP contribution in [0.3, 0.4) is 0 Å². The second-order valence-electron chi connectivity index (χ2n) is 4.22. The van der Waals surface area contributed by atoms with Gasteiger partial charge in [0.1, 0.15) is 11.5 Å². The molecular formula is C14H14N2O. The lowest BCUT2D eigenvalue weighted by Crippen LogP contribution is -2.14. The van der Waals surface area contributed by atoms with Crippen LogP contribution >= 0.6 is 0 Å². The van der Waals surface area contributed by atoms with Gasteiger partial charge in [-0.05, 0) is 30.3 Å². The number of aromatic nitrogens is 1. The summed E-state index contributed by atoms with van der Waals surface area (Å²) in [6, 6.07) is 11.9. The van der Waals surface area contributed by atoms with E-state index in [1.807, 2.05) is 30.3 Å². The molecule has 3 heteroatoms. The van der Waals surface area contributed by atoms with Crippen molar-refractivity contribution in [3.63, 3.8) is 0 Å². The monoisotopic (exact) mass is 226 g/mol. The lowest BCUT2D eigenvalue weighted by Gasteiger charge is -2.13. The zero-order chi connectivity index (χ0) is 11.7. The van der Waals surface area contributed by atoms with Crippen molar-refractivity contribution in [2.45, 2.75) is 12.3 Å². The number of benzene rings is 1. The summed E-state index contributed by atoms with van der Waals surface area (Å²) in [6.45, 7) is 0.608. The van der Waals surface area contributed by atoms with Gasteiger partial charge in [0.25, 0.3) is 0 Å². The maximum atomic E-state index is 5.92. The third kappa shape index (κ3) is 1.78. The molecular weight excluding hydrogens is 212 g/mol. The largest absolute Gasteiger partial charge is 0.455 e. The van der Waals surface area contributed by atoms with Crippen molar-refractivity contribution in [2.24, 2.45) is 5.73 Å². The van der Waals surface area contributed by atoms with E-state index in [1.54, 1.807) is 6.20 Å². The number of rotatable bonds is 1. The van der Waals surface area contributed by atoms with E-state index in [0.29, 0.717) is 6.54 Å². The lowest BCUT2D eigenvalue weighted by molar-refractivity contribution is 0.475. The molecule has 3 nitrogen and oxygen atoms in total. The highest BCUT2D eigenvalue weighted by molar-refractivity contribution is 5.44. The Morgan fingerprint density at radius 3 is 2.88 bits per heavy atom. The average molecular weight is 226 g/mol. The molecule has 3 rings (SSSR count). The molecule has 0 spiro atoms. The third-order valence-electron chi connectivity index (χ3n) is 3.15. The van der Waals surface area contributed by atoms with Crippen LogP contribution in [0, 0.1) is 0 Å². The Balaban J connectivity index is 2.13. The van der Waals surface area contributed by atoms with Crippen LogP contribution in [0.5, 0.6) is 11.5 Å². The SMILES string of the molecule is NC[C@H]1Cc2ncccc2Oc2ccccc21. The Morgan fingerprint density at radius 1 is 1.18 bits per heavy atom. The van der Waals surface area contributed by atoms with Crippen molar-refractivity contribution in [3.05, 3.63) is 53.9 Å². The molecule has 17 heavy (non-hydrogen) atoms. The molecule has 2 heterocycles. The second-order valence-corrected chi connectivity index (χ2v) is 4.22. The van der Waals surface area contributed by atoms with Gasteiger partial charge in [-0.2, -0.15) is 0 Å². The van der Waals surface area contributed by atoms with Crippen LogP contribution in [0.15, 0.2) is 42.6 Å². The molecule has 1 aliphatic rings. The first-order valence-electron chi connectivity index (χ1n) is 5.79. The highest BCUT2D eigenvalue weighted by atomic mass is 16.5. The van der Waals surface area contributed by atoms with Crippen molar-refractivity contribution >= 4 is 0 Å². The molecule has 2 aromatic rings. The minimum Gasteiger partial charge on any atom is -0.455 e. The molecule has 86 valence electrons. The summed E-state index contributed by atoms with van der Waals surface area (Å²) in [5.74, 6) is 2.02. The van der Waals surface area contributed by atoms with Gasteiger partial charge in [-0.25, -0.2) is 0 Å². The maximum Gasteiger partial charge on any atom is 0.148 e. The fourth-order valence-electron chi connectivity index (χ4n) is 2.25. The fraction of sp³-hybridized carbons (Fsp3) is 0.214. The molecule has 1 aliphatic heterocycles. The van der Waals surface area contributed by atoms with Gasteiger partial charge in [0.15, 0.2) is 0 Å². The van der Waals surface area contributed by atoms with Crippen LogP contribution in [-0.4, -0.2) is 11.5 Å². The Labute approximate surface area is 100 Å². The number of hydrogen-bond acceptors (Lipinski definition) is 3. The van der Waals surface area contributed by atoms with E-state index in [4.69, 9.17) is 10.5 Å². The molecule has 0 saturated carbocycles. The van der Waals surface area contributed by atoms with Crippen LogP contribution in [0.25, 0.3) is 0 Å². The van der Waals surface area contributed by atoms with E-state index in [0.717, 1.165) is 23.6 Å². The standard InChI is InChI=1S/C14H14N2O/c15-9-10-8-12-14(6-3-7-16-12)17-13-5-2-1-4-11(10)13/h1-7,10H,8-9,15H2/t10-/m1/s1. The first-order valence-corrected chi connectivity index (χ1v) is 5.79. The number of nitrogens with two attached hydrogens (primary N) is 1. The lowest BCUT2D eigenvalue weighted by atomic mass is 9.94. The first-order chi connectivity index (χ1) is 8.38. The van der Waals surface area contributed by atoms with Gasteiger partial charge in [0, 0.05) is 18.5 Å². The van der Waals surface area contributed by atoms with E-state index >= 15 is 0 Å². The molecule has 1 aromatic carbocycles. The summed E-state index contributed by atoms with van der Waals surface area (Å²) in [5, 5.41) is 0. The molecule has 1 atom stereocenters. The highest BCUT2D eigenvalue weighted by Gasteiger charge is 2.22. The van der Waals surface area contributed by atoms with Crippen molar-refractivity contribution in [2.75, 3.05) is 6.54 Å². The van der Waals surface area contributed by atoms with Gasteiger partial charge in [-0.1, -0.05) is 18.2 Å². The molecule has 0 saturated heterocycles. The van der Waals surface area contributed by atoms with Gasteiger partial charge in [-0.3, -0.25) is 4.98 Å². The number of ether oxygens (including phenoxy) is 1. The van der Waals surface area contributed by atoms with Crippen LogP contribution in [-0.2, 0) is 6.42 Å². The van der Waals surface area contributed by atoms with Gasteiger partial charge >= 0.3 is 0 Å². The van der Waals surface area contributed by atoms with E-state index in [2.05, 4.69) is 11.1 Å². The smallest absolute Gasteiger partial charge is 0.148 e. The highest BCUT2D eigenvalue weighted by Crippen LogP contribution is 2.37. The molecule has 0 radical (unpaired) electrons. The molecule has 0 bridgehead atoms. The average Bonchev–Trinajstić information content (AvgIpc) is 2.54. The molecule has 2 N–H and O–H groups in total. The van der Waals surface area contributed by atoms with Gasteiger partial charge in [-0.15, -0.1) is 0 Å². The molecule has 0 unspecified atom stereocenters. The molecule has 0 aliphatic carbocycles. The van der Waals surface area contributed by atoms with Crippen LogP contribution in [0.4, 0.5) is 0 Å². The normalized spacial score (nSPS) is 17.6. The number of nitrogens with zero attached hydrogens (tertiary/aromatic N) is 1. The minimum absolute atomic E-state index is 0.280. The zero-order valence-corrected chi connectivity index (χ0v) is 9.47. The number of hydrogen-bond donors (Lipinski definition) is 1. The molecule has 0 amide bonds. The van der Waals surface area contributed by atoms with Gasteiger partial charge in [0.2, 0.25) is 0 Å². The van der Waals surface area contributed by atoms with E-state index < -0.39 is 0 Å². The van der Waals surface area contributed by atoms with Gasteiger partial charge < -0.3 is 10.5 Å².